The summed E-state index contributed by atoms with van der Waals surface area (Å²) in [6.45, 7) is 2.32. The first-order chi connectivity index (χ1) is 9.10. The van der Waals surface area contributed by atoms with E-state index in [1.807, 2.05) is 20.2 Å². The molecule has 0 unspecified atom stereocenters. The van der Waals surface area contributed by atoms with Gasteiger partial charge in [0.05, 0.1) is 5.69 Å². The van der Waals surface area contributed by atoms with E-state index in [-0.39, 0.29) is 5.91 Å². The third-order valence-electron chi connectivity index (χ3n) is 2.68. The third kappa shape index (κ3) is 3.08. The first-order valence-electron chi connectivity index (χ1n) is 5.81. The average Bonchev–Trinajstić information content (AvgIpc) is 2.74. The van der Waals surface area contributed by atoms with Crippen LogP contribution in [-0.2, 0) is 13.6 Å². The third-order valence-corrected chi connectivity index (χ3v) is 2.68. The van der Waals surface area contributed by atoms with E-state index in [9.17, 15) is 4.79 Å². The van der Waals surface area contributed by atoms with Crippen molar-refractivity contribution in [2.45, 2.75) is 13.5 Å². The second kappa shape index (κ2) is 5.49. The predicted octanol–water partition coefficient (Wildman–Crippen LogP) is 0.339. The smallest absolute Gasteiger partial charge is 0.270 e. The number of rotatable bonds is 4. The van der Waals surface area contributed by atoms with Gasteiger partial charge in [-0.05, 0) is 19.1 Å². The van der Waals surface area contributed by atoms with E-state index >= 15 is 0 Å². The SMILES string of the molecule is Cc1nn(C)cc1CNC(=O)c1cccc(NN)n1. The molecule has 0 saturated carbocycles. The highest BCUT2D eigenvalue weighted by Crippen LogP contribution is 2.06. The van der Waals surface area contributed by atoms with Crippen molar-refractivity contribution >= 4 is 11.7 Å². The molecule has 0 saturated heterocycles. The van der Waals surface area contributed by atoms with Gasteiger partial charge in [-0.15, -0.1) is 0 Å². The molecular formula is C12H16N6O. The minimum Gasteiger partial charge on any atom is -0.346 e. The Morgan fingerprint density at radius 1 is 1.47 bits per heavy atom. The molecular weight excluding hydrogens is 244 g/mol. The molecule has 100 valence electrons. The van der Waals surface area contributed by atoms with Gasteiger partial charge in [0.1, 0.15) is 11.5 Å². The Kier molecular flexibility index (Phi) is 3.76. The molecule has 2 rings (SSSR count). The monoisotopic (exact) mass is 260 g/mol. The van der Waals surface area contributed by atoms with Crippen LogP contribution in [0.5, 0.6) is 0 Å². The molecule has 2 aromatic heterocycles. The molecule has 0 aliphatic rings. The van der Waals surface area contributed by atoms with Crippen molar-refractivity contribution in [3.63, 3.8) is 0 Å². The Balaban J connectivity index is 2.03. The number of nitrogens with one attached hydrogen (secondary N) is 2. The number of nitrogens with two attached hydrogens (primary N) is 1. The molecule has 7 heteroatoms. The van der Waals surface area contributed by atoms with E-state index in [1.54, 1.807) is 22.9 Å². The van der Waals surface area contributed by atoms with Crippen LogP contribution in [-0.4, -0.2) is 20.7 Å². The molecule has 0 aromatic carbocycles. The van der Waals surface area contributed by atoms with Crippen LogP contribution in [0, 0.1) is 6.92 Å². The van der Waals surface area contributed by atoms with Crippen LogP contribution in [0.25, 0.3) is 0 Å². The molecule has 2 heterocycles. The van der Waals surface area contributed by atoms with Crippen LogP contribution in [0.2, 0.25) is 0 Å². The maximum atomic E-state index is 11.9. The van der Waals surface area contributed by atoms with Gasteiger partial charge >= 0.3 is 0 Å². The Labute approximate surface area is 110 Å². The Morgan fingerprint density at radius 2 is 2.26 bits per heavy atom. The summed E-state index contributed by atoms with van der Waals surface area (Å²) in [5, 5.41) is 7.01. The van der Waals surface area contributed by atoms with Crippen LogP contribution in [0.1, 0.15) is 21.7 Å². The number of nitrogens with zero attached hydrogens (tertiary/aromatic N) is 3. The lowest BCUT2D eigenvalue weighted by atomic mass is 10.2. The molecule has 0 bridgehead atoms. The molecule has 0 fully saturated rings. The Morgan fingerprint density at radius 3 is 2.89 bits per heavy atom. The summed E-state index contributed by atoms with van der Waals surface area (Å²) in [7, 11) is 1.84. The first kappa shape index (κ1) is 13.0. The summed E-state index contributed by atoms with van der Waals surface area (Å²) < 4.78 is 1.72. The van der Waals surface area contributed by atoms with Crippen LogP contribution in [0.3, 0.4) is 0 Å². The largest absolute Gasteiger partial charge is 0.346 e. The molecule has 0 aliphatic heterocycles. The van der Waals surface area contributed by atoms with Crippen LogP contribution in [0.15, 0.2) is 24.4 Å². The van der Waals surface area contributed by atoms with Crippen LogP contribution in [0.4, 0.5) is 5.82 Å². The fourth-order valence-corrected chi connectivity index (χ4v) is 1.73. The van der Waals surface area contributed by atoms with Gasteiger partial charge in [0.25, 0.3) is 5.91 Å². The summed E-state index contributed by atoms with van der Waals surface area (Å²) in [5.41, 5.74) is 4.59. The second-order valence-electron chi connectivity index (χ2n) is 4.15. The molecule has 7 nitrogen and oxygen atoms in total. The summed E-state index contributed by atoms with van der Waals surface area (Å²) in [6.07, 6.45) is 1.88. The van der Waals surface area contributed by atoms with Gasteiger partial charge in [0.15, 0.2) is 0 Å². The molecule has 19 heavy (non-hydrogen) atoms. The summed E-state index contributed by atoms with van der Waals surface area (Å²) in [5.74, 6) is 5.45. The lowest BCUT2D eigenvalue weighted by Crippen LogP contribution is -2.24. The number of aryl methyl sites for hydroxylation is 2. The van der Waals surface area contributed by atoms with Crippen molar-refractivity contribution in [1.29, 1.82) is 0 Å². The van der Waals surface area contributed by atoms with Crippen molar-refractivity contribution in [2.75, 3.05) is 5.43 Å². The summed E-state index contributed by atoms with van der Waals surface area (Å²) >= 11 is 0. The number of carbonyl (C=O) groups excluding carboxylic acids is 1. The number of anilines is 1. The van der Waals surface area contributed by atoms with E-state index in [1.165, 1.54) is 0 Å². The number of hydrogen-bond donors (Lipinski definition) is 3. The number of nitrogen functional groups attached to an aromatic ring is 1. The molecule has 0 radical (unpaired) electrons. The van der Waals surface area contributed by atoms with Gasteiger partial charge in [-0.3, -0.25) is 9.48 Å². The molecule has 2 aromatic rings. The van der Waals surface area contributed by atoms with Crippen LogP contribution >= 0.6 is 0 Å². The van der Waals surface area contributed by atoms with Crippen molar-refractivity contribution in [3.8, 4) is 0 Å². The molecule has 0 spiro atoms. The van der Waals surface area contributed by atoms with E-state index in [0.717, 1.165) is 11.3 Å². The van der Waals surface area contributed by atoms with E-state index in [2.05, 4.69) is 20.8 Å². The maximum Gasteiger partial charge on any atom is 0.270 e. The minimum absolute atomic E-state index is 0.250. The summed E-state index contributed by atoms with van der Waals surface area (Å²) in [4.78, 5) is 16.0. The van der Waals surface area contributed by atoms with Gasteiger partial charge in [-0.1, -0.05) is 6.07 Å². The van der Waals surface area contributed by atoms with Crippen molar-refractivity contribution in [1.82, 2.24) is 20.1 Å². The van der Waals surface area contributed by atoms with Crippen molar-refractivity contribution in [3.05, 3.63) is 41.3 Å². The average molecular weight is 260 g/mol. The zero-order valence-corrected chi connectivity index (χ0v) is 10.8. The predicted molar refractivity (Wildman–Crippen MR) is 71.2 cm³/mol. The summed E-state index contributed by atoms with van der Waals surface area (Å²) in [6, 6.07) is 5.03. The quantitative estimate of drug-likeness (QED) is 0.544. The van der Waals surface area contributed by atoms with E-state index in [4.69, 9.17) is 5.84 Å². The molecule has 1 amide bonds. The van der Waals surface area contributed by atoms with E-state index in [0.29, 0.717) is 18.1 Å². The lowest BCUT2D eigenvalue weighted by Gasteiger charge is -2.05. The fraction of sp³-hybridized carbons (Fsp3) is 0.250. The van der Waals surface area contributed by atoms with Gasteiger partial charge in [-0.25, -0.2) is 10.8 Å². The fourth-order valence-electron chi connectivity index (χ4n) is 1.73. The van der Waals surface area contributed by atoms with Gasteiger partial charge in [0.2, 0.25) is 0 Å². The molecule has 4 N–H and O–H groups in total. The number of pyridine rings is 1. The zero-order valence-electron chi connectivity index (χ0n) is 10.8. The number of hydrazine groups is 1. The number of carbonyl (C=O) groups is 1. The first-order valence-corrected chi connectivity index (χ1v) is 5.81. The number of amides is 1. The highest BCUT2D eigenvalue weighted by molar-refractivity contribution is 5.92. The number of aromatic nitrogens is 3. The van der Waals surface area contributed by atoms with Crippen molar-refractivity contribution in [2.24, 2.45) is 12.9 Å². The molecule has 0 atom stereocenters. The Bertz CT molecular complexity index is 592. The van der Waals surface area contributed by atoms with Gasteiger partial charge in [0, 0.05) is 25.4 Å². The maximum absolute atomic E-state index is 11.9. The lowest BCUT2D eigenvalue weighted by molar-refractivity contribution is 0.0946. The highest BCUT2D eigenvalue weighted by atomic mass is 16.1. The standard InChI is InChI=1S/C12H16N6O/c1-8-9(7-18(2)17-8)6-14-12(19)10-4-3-5-11(15-10)16-13/h3-5,7H,6,13H2,1-2H3,(H,14,19)(H,15,16). The van der Waals surface area contributed by atoms with Gasteiger partial charge in [-0.2, -0.15) is 5.10 Å². The van der Waals surface area contributed by atoms with Crippen LogP contribution < -0.4 is 16.6 Å². The van der Waals surface area contributed by atoms with Crippen molar-refractivity contribution < 1.29 is 4.79 Å². The topological polar surface area (TPSA) is 97.9 Å². The molecule has 0 aliphatic carbocycles. The zero-order chi connectivity index (χ0) is 13.8. The normalized spacial score (nSPS) is 10.3. The highest BCUT2D eigenvalue weighted by Gasteiger charge is 2.09. The van der Waals surface area contributed by atoms with E-state index < -0.39 is 0 Å². The minimum atomic E-state index is -0.250. The Hall–Kier alpha value is -2.41. The second-order valence-corrected chi connectivity index (χ2v) is 4.15. The van der Waals surface area contributed by atoms with Gasteiger partial charge < -0.3 is 10.7 Å². The number of hydrogen-bond acceptors (Lipinski definition) is 5.